The number of hydrogen-bond acceptors (Lipinski definition) is 4. The maximum atomic E-state index is 12.9. The third-order valence-corrected chi connectivity index (χ3v) is 5.79. The van der Waals surface area contributed by atoms with Crippen LogP contribution in [0, 0.1) is 6.92 Å². The lowest BCUT2D eigenvalue weighted by Gasteiger charge is -2.20. The number of amidine groups is 1. The van der Waals surface area contributed by atoms with E-state index in [1.807, 2.05) is 49.4 Å². The number of aliphatic imine (C=N–C) groups is 1. The number of thioether (sulfide) groups is 1. The molecule has 4 nitrogen and oxygen atoms in total. The van der Waals surface area contributed by atoms with Gasteiger partial charge >= 0.3 is 0 Å². The van der Waals surface area contributed by atoms with Crippen LogP contribution in [-0.4, -0.2) is 34.4 Å². The molecule has 1 fully saturated rings. The third kappa shape index (κ3) is 3.14. The Kier molecular flexibility index (Phi) is 4.44. The maximum absolute atomic E-state index is 12.9. The first-order valence-corrected chi connectivity index (χ1v) is 9.52. The van der Waals surface area contributed by atoms with Crippen molar-refractivity contribution in [3.63, 3.8) is 0 Å². The van der Waals surface area contributed by atoms with Gasteiger partial charge in [-0.25, -0.2) is 4.99 Å². The lowest BCUT2D eigenvalue weighted by atomic mass is 10.1. The quantitative estimate of drug-likeness (QED) is 0.792. The normalized spacial score (nSPS) is 20.6. The average molecular weight is 373 g/mol. The van der Waals surface area contributed by atoms with Crippen molar-refractivity contribution in [3.05, 3.63) is 58.6 Å². The smallest absolute Gasteiger partial charge is 0.269 e. The summed E-state index contributed by atoms with van der Waals surface area (Å²) in [5, 5.41) is 1.40. The number of halogens is 1. The number of fused-ring (bicyclic) bond motifs is 1. The molecule has 1 saturated heterocycles. The van der Waals surface area contributed by atoms with Gasteiger partial charge in [-0.3, -0.25) is 9.69 Å². The molecule has 25 heavy (non-hydrogen) atoms. The van der Waals surface area contributed by atoms with E-state index in [4.69, 9.17) is 16.3 Å². The summed E-state index contributed by atoms with van der Waals surface area (Å²) in [7, 11) is 0. The van der Waals surface area contributed by atoms with Crippen molar-refractivity contribution in [2.24, 2.45) is 4.99 Å². The Labute approximate surface area is 155 Å². The second-order valence-corrected chi connectivity index (χ2v) is 7.50. The van der Waals surface area contributed by atoms with Crippen LogP contribution in [0.15, 0.2) is 47.5 Å². The van der Waals surface area contributed by atoms with Crippen molar-refractivity contribution in [2.45, 2.75) is 19.4 Å². The molecule has 6 heteroatoms. The fraction of sp³-hybridized carbons (Fsp3) is 0.263. The van der Waals surface area contributed by atoms with Gasteiger partial charge in [0, 0.05) is 23.7 Å². The minimum atomic E-state index is -0.471. The van der Waals surface area contributed by atoms with Gasteiger partial charge in [0.1, 0.15) is 5.75 Å². The number of para-hydroxylation sites is 1. The van der Waals surface area contributed by atoms with Crippen LogP contribution in [-0.2, 0) is 11.2 Å². The number of nitrogens with zero attached hydrogens (tertiary/aromatic N) is 2. The standard InChI is InChI=1S/C19H17ClN2O2S/c1-12-14(20)6-4-7-15(12)21-19-22(9-10-25-19)18(23)17-11-13-5-2-3-8-16(13)24-17/h2-8,17H,9-11H2,1H3. The van der Waals surface area contributed by atoms with Crippen molar-refractivity contribution in [1.82, 2.24) is 4.90 Å². The van der Waals surface area contributed by atoms with Gasteiger partial charge in [-0.1, -0.05) is 47.6 Å². The van der Waals surface area contributed by atoms with Crippen molar-refractivity contribution in [2.75, 3.05) is 12.3 Å². The first-order chi connectivity index (χ1) is 12.1. The van der Waals surface area contributed by atoms with E-state index in [2.05, 4.69) is 4.99 Å². The van der Waals surface area contributed by atoms with Gasteiger partial charge < -0.3 is 4.74 Å². The van der Waals surface area contributed by atoms with Gasteiger partial charge in [-0.15, -0.1) is 0 Å². The summed E-state index contributed by atoms with van der Waals surface area (Å²) in [5.41, 5.74) is 2.79. The molecule has 1 unspecified atom stereocenters. The predicted molar refractivity (Wildman–Crippen MR) is 102 cm³/mol. The van der Waals surface area contributed by atoms with Crippen LogP contribution >= 0.6 is 23.4 Å². The molecule has 128 valence electrons. The number of carbonyl (C=O) groups is 1. The summed E-state index contributed by atoms with van der Waals surface area (Å²) in [6.07, 6.45) is 0.140. The number of rotatable bonds is 2. The van der Waals surface area contributed by atoms with E-state index in [0.717, 1.165) is 33.5 Å². The topological polar surface area (TPSA) is 41.9 Å². The zero-order valence-electron chi connectivity index (χ0n) is 13.7. The van der Waals surface area contributed by atoms with E-state index in [-0.39, 0.29) is 5.91 Å². The molecule has 0 aromatic heterocycles. The van der Waals surface area contributed by atoms with Crippen LogP contribution < -0.4 is 4.74 Å². The largest absolute Gasteiger partial charge is 0.480 e. The highest BCUT2D eigenvalue weighted by Crippen LogP contribution is 2.32. The third-order valence-electron chi connectivity index (χ3n) is 4.42. The van der Waals surface area contributed by atoms with E-state index >= 15 is 0 Å². The molecule has 0 N–H and O–H groups in total. The van der Waals surface area contributed by atoms with Crippen LogP contribution in [0.1, 0.15) is 11.1 Å². The van der Waals surface area contributed by atoms with Gasteiger partial charge in [0.25, 0.3) is 5.91 Å². The Morgan fingerprint density at radius 1 is 1.28 bits per heavy atom. The number of carbonyl (C=O) groups excluding carboxylic acids is 1. The summed E-state index contributed by atoms with van der Waals surface area (Å²) >= 11 is 7.76. The average Bonchev–Trinajstić information content (AvgIpc) is 3.25. The minimum absolute atomic E-state index is 0.0281. The lowest BCUT2D eigenvalue weighted by molar-refractivity contribution is -0.133. The van der Waals surface area contributed by atoms with Crippen LogP contribution in [0.25, 0.3) is 0 Å². The van der Waals surface area contributed by atoms with Crippen LogP contribution in [0.5, 0.6) is 5.75 Å². The SMILES string of the molecule is Cc1c(Cl)cccc1N=C1SCCN1C(=O)C1Cc2ccccc2O1. The molecule has 2 aromatic rings. The molecule has 2 aromatic carbocycles. The van der Waals surface area contributed by atoms with E-state index in [1.54, 1.807) is 16.7 Å². The molecule has 1 atom stereocenters. The van der Waals surface area contributed by atoms with E-state index in [0.29, 0.717) is 18.0 Å². The Bertz CT molecular complexity index is 843. The summed E-state index contributed by atoms with van der Waals surface area (Å²) in [6, 6.07) is 13.4. The summed E-state index contributed by atoms with van der Waals surface area (Å²) in [6.45, 7) is 2.59. The lowest BCUT2D eigenvalue weighted by Crippen LogP contribution is -2.41. The molecule has 2 aliphatic rings. The first kappa shape index (κ1) is 16.5. The molecule has 0 spiro atoms. The van der Waals surface area contributed by atoms with E-state index in [1.165, 1.54) is 0 Å². The number of amides is 1. The molecule has 0 bridgehead atoms. The number of hydrogen-bond donors (Lipinski definition) is 0. The molecular weight excluding hydrogens is 356 g/mol. The highest BCUT2D eigenvalue weighted by molar-refractivity contribution is 8.14. The summed E-state index contributed by atoms with van der Waals surface area (Å²) in [5.74, 6) is 1.61. The summed E-state index contributed by atoms with van der Waals surface area (Å²) in [4.78, 5) is 19.4. The molecule has 0 aliphatic carbocycles. The Hall–Kier alpha value is -1.98. The fourth-order valence-electron chi connectivity index (χ4n) is 3.01. The highest BCUT2D eigenvalue weighted by Gasteiger charge is 2.36. The van der Waals surface area contributed by atoms with Crippen LogP contribution in [0.4, 0.5) is 5.69 Å². The van der Waals surface area contributed by atoms with E-state index < -0.39 is 6.10 Å². The fourth-order valence-corrected chi connectivity index (χ4v) is 4.14. The van der Waals surface area contributed by atoms with Gasteiger partial charge in [-0.05, 0) is 36.2 Å². The Balaban J connectivity index is 1.57. The van der Waals surface area contributed by atoms with Crippen LogP contribution in [0.3, 0.4) is 0 Å². The molecule has 0 radical (unpaired) electrons. The zero-order chi connectivity index (χ0) is 17.4. The second kappa shape index (κ2) is 6.73. The molecule has 2 aliphatic heterocycles. The molecule has 4 rings (SSSR count). The Morgan fingerprint density at radius 3 is 2.96 bits per heavy atom. The number of benzene rings is 2. The van der Waals surface area contributed by atoms with Gasteiger partial charge in [0.2, 0.25) is 0 Å². The maximum Gasteiger partial charge on any atom is 0.269 e. The monoisotopic (exact) mass is 372 g/mol. The second-order valence-electron chi connectivity index (χ2n) is 6.04. The zero-order valence-corrected chi connectivity index (χ0v) is 15.3. The van der Waals surface area contributed by atoms with Gasteiger partial charge in [0.15, 0.2) is 11.3 Å². The van der Waals surface area contributed by atoms with Crippen molar-refractivity contribution in [1.29, 1.82) is 0 Å². The molecule has 0 saturated carbocycles. The molecule has 1 amide bonds. The van der Waals surface area contributed by atoms with Gasteiger partial charge in [-0.2, -0.15) is 0 Å². The minimum Gasteiger partial charge on any atom is -0.480 e. The Morgan fingerprint density at radius 2 is 2.12 bits per heavy atom. The van der Waals surface area contributed by atoms with Crippen LogP contribution in [0.2, 0.25) is 5.02 Å². The van der Waals surface area contributed by atoms with Crippen molar-refractivity contribution < 1.29 is 9.53 Å². The molecule has 2 heterocycles. The van der Waals surface area contributed by atoms with Crippen molar-refractivity contribution in [3.8, 4) is 5.75 Å². The summed E-state index contributed by atoms with van der Waals surface area (Å²) < 4.78 is 5.85. The molecular formula is C19H17ClN2O2S. The van der Waals surface area contributed by atoms with E-state index in [9.17, 15) is 4.79 Å². The van der Waals surface area contributed by atoms with Gasteiger partial charge in [0.05, 0.1) is 5.69 Å². The first-order valence-electron chi connectivity index (χ1n) is 8.16. The highest BCUT2D eigenvalue weighted by atomic mass is 35.5. The van der Waals surface area contributed by atoms with Crippen molar-refractivity contribution >= 4 is 40.1 Å². The number of ether oxygens (including phenoxy) is 1. The predicted octanol–water partition coefficient (Wildman–Crippen LogP) is 4.22.